The first-order chi connectivity index (χ1) is 24.0. The molecule has 0 aliphatic carbocycles. The van der Waals surface area contributed by atoms with Gasteiger partial charge in [0.2, 0.25) is 5.91 Å². The fraction of sp³-hybridized carbons (Fsp3) is 0.683. The largest absolute Gasteiger partial charge is 0.472 e. The van der Waals surface area contributed by atoms with Crippen molar-refractivity contribution in [1.29, 1.82) is 0 Å². The number of unbranched alkanes of at least 4 members (excludes halogenated alkanes) is 10. The van der Waals surface area contributed by atoms with Crippen molar-refractivity contribution < 1.29 is 32.9 Å². The van der Waals surface area contributed by atoms with Gasteiger partial charge in [0.25, 0.3) is 0 Å². The van der Waals surface area contributed by atoms with Crippen LogP contribution < -0.4 is 5.32 Å². The molecule has 1 amide bonds. The number of aliphatic hydroxyl groups is 1. The third-order valence-electron chi connectivity index (χ3n) is 7.91. The van der Waals surface area contributed by atoms with E-state index in [9.17, 15) is 19.4 Å². The number of hydrogen-bond acceptors (Lipinski definition) is 5. The molecule has 0 rings (SSSR count). The minimum atomic E-state index is -4.34. The third-order valence-corrected chi connectivity index (χ3v) is 8.89. The number of hydrogen-bond donors (Lipinski definition) is 3. The molecule has 0 bridgehead atoms. The number of aliphatic hydroxyl groups excluding tert-OH is 1. The van der Waals surface area contributed by atoms with Crippen LogP contribution in [-0.4, -0.2) is 73.4 Å². The highest BCUT2D eigenvalue weighted by Gasteiger charge is 2.27. The van der Waals surface area contributed by atoms with Gasteiger partial charge >= 0.3 is 7.82 Å². The summed E-state index contributed by atoms with van der Waals surface area (Å²) >= 11 is 0. The van der Waals surface area contributed by atoms with Gasteiger partial charge in [-0.3, -0.25) is 13.8 Å². The summed E-state index contributed by atoms with van der Waals surface area (Å²) in [5, 5.41) is 13.7. The maximum absolute atomic E-state index is 12.8. The molecule has 0 radical (unpaired) electrons. The Labute approximate surface area is 306 Å². The van der Waals surface area contributed by atoms with Crippen molar-refractivity contribution in [2.75, 3.05) is 40.9 Å². The molecule has 288 valence electrons. The summed E-state index contributed by atoms with van der Waals surface area (Å²) in [4.78, 5) is 23.0. The Morgan fingerprint density at radius 1 is 0.700 bits per heavy atom. The van der Waals surface area contributed by atoms with E-state index in [0.29, 0.717) is 17.4 Å². The second-order valence-corrected chi connectivity index (χ2v) is 15.4. The van der Waals surface area contributed by atoms with Gasteiger partial charge in [0.1, 0.15) is 13.2 Å². The first kappa shape index (κ1) is 47.9. The van der Waals surface area contributed by atoms with Crippen LogP contribution in [0.2, 0.25) is 0 Å². The predicted molar refractivity (Wildman–Crippen MR) is 212 cm³/mol. The molecule has 0 aromatic rings. The van der Waals surface area contributed by atoms with Crippen LogP contribution in [0.25, 0.3) is 0 Å². The van der Waals surface area contributed by atoms with Crippen molar-refractivity contribution in [1.82, 2.24) is 5.32 Å². The van der Waals surface area contributed by atoms with Crippen LogP contribution in [0.4, 0.5) is 0 Å². The number of carbonyl (C=O) groups is 1. The fourth-order valence-electron chi connectivity index (χ4n) is 4.81. The minimum absolute atomic E-state index is 0.0488. The predicted octanol–water partition coefficient (Wildman–Crippen LogP) is 10.1. The van der Waals surface area contributed by atoms with Crippen LogP contribution in [-0.2, 0) is 18.4 Å². The quantitative estimate of drug-likeness (QED) is 0.0270. The first-order valence-corrected chi connectivity index (χ1v) is 20.8. The van der Waals surface area contributed by atoms with Gasteiger partial charge in [-0.15, -0.1) is 0 Å². The van der Waals surface area contributed by atoms with E-state index in [0.717, 1.165) is 77.0 Å². The molecule has 0 fully saturated rings. The lowest BCUT2D eigenvalue weighted by atomic mass is 10.1. The van der Waals surface area contributed by atoms with Crippen molar-refractivity contribution in [3.05, 3.63) is 72.9 Å². The monoisotopic (exact) mass is 722 g/mol. The summed E-state index contributed by atoms with van der Waals surface area (Å²) in [6, 6.07) is -0.871. The van der Waals surface area contributed by atoms with Gasteiger partial charge < -0.3 is 19.8 Å². The Balaban J connectivity index is 4.48. The van der Waals surface area contributed by atoms with E-state index in [2.05, 4.69) is 79.9 Å². The summed E-state index contributed by atoms with van der Waals surface area (Å²) < 4.78 is 23.4. The topological polar surface area (TPSA) is 105 Å². The second-order valence-electron chi connectivity index (χ2n) is 13.9. The van der Waals surface area contributed by atoms with Crippen molar-refractivity contribution in [2.24, 2.45) is 0 Å². The zero-order valence-corrected chi connectivity index (χ0v) is 33.2. The summed E-state index contributed by atoms with van der Waals surface area (Å²) in [6.45, 7) is 4.57. The van der Waals surface area contributed by atoms with E-state index in [1.807, 2.05) is 27.2 Å². The van der Waals surface area contributed by atoms with Crippen LogP contribution in [0.3, 0.4) is 0 Å². The maximum Gasteiger partial charge on any atom is 0.472 e. The molecule has 0 aromatic carbocycles. The van der Waals surface area contributed by atoms with Crippen molar-refractivity contribution in [3.63, 3.8) is 0 Å². The molecule has 0 spiro atoms. The van der Waals surface area contributed by atoms with Crippen LogP contribution in [0.5, 0.6) is 0 Å². The summed E-state index contributed by atoms with van der Waals surface area (Å²) in [6.07, 6.45) is 42.6. The van der Waals surface area contributed by atoms with Gasteiger partial charge in [0.15, 0.2) is 0 Å². The number of amides is 1. The average Bonchev–Trinajstić information content (AvgIpc) is 3.06. The zero-order chi connectivity index (χ0) is 37.2. The number of carbonyl (C=O) groups excluding carboxylic acids is 1. The molecule has 9 heteroatoms. The number of quaternary nitrogens is 1. The second kappa shape index (κ2) is 32.8. The lowest BCUT2D eigenvalue weighted by molar-refractivity contribution is -0.870. The smallest absolute Gasteiger partial charge is 0.387 e. The van der Waals surface area contributed by atoms with E-state index in [1.165, 1.54) is 32.1 Å². The molecule has 0 heterocycles. The Hall–Kier alpha value is -2.06. The van der Waals surface area contributed by atoms with Crippen LogP contribution in [0.1, 0.15) is 129 Å². The average molecular weight is 722 g/mol. The molecule has 0 saturated heterocycles. The number of phosphoric ester groups is 1. The summed E-state index contributed by atoms with van der Waals surface area (Å²) in [5.74, 6) is -0.209. The standard InChI is InChI=1S/C41H73N2O6P/c1-6-8-10-12-14-16-17-18-19-20-21-22-23-24-25-27-29-31-33-35-41(45)42-39(38-49-50(46,47)48-37-36-43(3,4)5)40(44)34-32-30-28-26-15-13-11-9-7-2/h8,10,14-16,18-19,21-22,26,32,34,39-40,44H,6-7,9,11-13,17,20,23-25,27-31,33,35-38H2,1-5H3,(H-,42,45,46,47)/p+1/b10-8-,16-14-,19-18-,22-21-,26-15+,34-32+. The van der Waals surface area contributed by atoms with Crippen LogP contribution in [0.15, 0.2) is 72.9 Å². The Morgan fingerprint density at radius 2 is 1.22 bits per heavy atom. The van der Waals surface area contributed by atoms with E-state index < -0.39 is 20.0 Å². The fourth-order valence-corrected chi connectivity index (χ4v) is 5.54. The zero-order valence-electron chi connectivity index (χ0n) is 32.4. The van der Waals surface area contributed by atoms with Crippen LogP contribution >= 0.6 is 7.82 Å². The Bertz CT molecular complexity index is 1040. The highest BCUT2D eigenvalue weighted by Crippen LogP contribution is 2.43. The molecule has 0 aromatic heterocycles. The lowest BCUT2D eigenvalue weighted by Crippen LogP contribution is -2.45. The molecule has 8 nitrogen and oxygen atoms in total. The minimum Gasteiger partial charge on any atom is -0.387 e. The number of rotatable bonds is 33. The number of allylic oxidation sites excluding steroid dienone is 11. The number of likely N-dealkylation sites (N-methyl/N-ethyl adjacent to an activating group) is 1. The SMILES string of the molecule is CC/C=C\C/C=C\C/C=C\C/C=C\CCCCCCCCC(=O)NC(COP(=O)(O)OCC[N+](C)(C)C)C(O)/C=C/CC/C=C/CCCCC. The first-order valence-electron chi connectivity index (χ1n) is 19.3. The normalized spacial score (nSPS) is 15.4. The number of nitrogens with zero attached hydrogens (tertiary/aromatic N) is 1. The lowest BCUT2D eigenvalue weighted by Gasteiger charge is -2.25. The molecule has 0 aliphatic rings. The third kappa shape index (κ3) is 34.4. The number of nitrogens with one attached hydrogen (secondary N) is 1. The highest BCUT2D eigenvalue weighted by atomic mass is 31.2. The van der Waals surface area contributed by atoms with Crippen LogP contribution in [0, 0.1) is 0 Å². The van der Waals surface area contributed by atoms with Gasteiger partial charge in [-0.1, -0.05) is 125 Å². The van der Waals surface area contributed by atoms with E-state index in [-0.39, 0.29) is 19.1 Å². The molecular weight excluding hydrogens is 647 g/mol. The molecule has 3 unspecified atom stereocenters. The maximum atomic E-state index is 12.8. The summed E-state index contributed by atoms with van der Waals surface area (Å²) in [5.41, 5.74) is 0. The van der Waals surface area contributed by atoms with Crippen molar-refractivity contribution >= 4 is 13.7 Å². The Kier molecular flexibility index (Phi) is 31.5. The van der Waals surface area contributed by atoms with Gasteiger partial charge in [0, 0.05) is 6.42 Å². The number of phosphoric acid groups is 1. The van der Waals surface area contributed by atoms with Gasteiger partial charge in [-0.05, 0) is 70.6 Å². The van der Waals surface area contributed by atoms with Gasteiger partial charge in [-0.25, -0.2) is 4.57 Å². The molecule has 0 aliphatic heterocycles. The Morgan fingerprint density at radius 3 is 1.84 bits per heavy atom. The molecule has 3 atom stereocenters. The molecule has 50 heavy (non-hydrogen) atoms. The van der Waals surface area contributed by atoms with E-state index >= 15 is 0 Å². The molecule has 0 saturated carbocycles. The molecule has 3 N–H and O–H groups in total. The molecular formula is C41H74N2O6P+. The van der Waals surface area contributed by atoms with Crippen molar-refractivity contribution in [3.8, 4) is 0 Å². The van der Waals surface area contributed by atoms with Crippen molar-refractivity contribution in [2.45, 2.75) is 142 Å². The summed E-state index contributed by atoms with van der Waals surface area (Å²) in [7, 11) is 1.52. The highest BCUT2D eigenvalue weighted by molar-refractivity contribution is 7.47. The van der Waals surface area contributed by atoms with Gasteiger partial charge in [-0.2, -0.15) is 0 Å². The van der Waals surface area contributed by atoms with E-state index in [4.69, 9.17) is 9.05 Å². The van der Waals surface area contributed by atoms with E-state index in [1.54, 1.807) is 6.08 Å². The van der Waals surface area contributed by atoms with Gasteiger partial charge in [0.05, 0.1) is 39.9 Å².